The Balaban J connectivity index is 0.00000132. The molecule has 2 aromatic rings. The van der Waals surface area contributed by atoms with Crippen LogP contribution in [0.5, 0.6) is 0 Å². The summed E-state index contributed by atoms with van der Waals surface area (Å²) in [5.41, 5.74) is -2.13. The van der Waals surface area contributed by atoms with Crippen LogP contribution in [0.1, 0.15) is 5.56 Å². The van der Waals surface area contributed by atoms with Gasteiger partial charge in [0.1, 0.15) is 0 Å². The van der Waals surface area contributed by atoms with Crippen molar-refractivity contribution < 1.29 is 67.0 Å². The molecule has 0 fully saturated rings. The molecule has 4 nitrogen and oxygen atoms in total. The molecule has 0 radical (unpaired) electrons. The van der Waals surface area contributed by atoms with Gasteiger partial charge in [-0.2, -0.15) is 67.3 Å². The summed E-state index contributed by atoms with van der Waals surface area (Å²) in [5.74, 6) is -38.2. The molecule has 0 spiro atoms. The third-order valence-corrected chi connectivity index (χ3v) is 4.37. The summed E-state index contributed by atoms with van der Waals surface area (Å²) >= 11 is 0. The van der Waals surface area contributed by atoms with Gasteiger partial charge < -0.3 is 5.11 Å². The minimum atomic E-state index is -7.94. The van der Waals surface area contributed by atoms with E-state index in [0.717, 1.165) is 6.08 Å². The first-order valence-electron chi connectivity index (χ1n) is 9.46. The molecule has 0 saturated carbocycles. The van der Waals surface area contributed by atoms with Crippen LogP contribution in [0.15, 0.2) is 77.5 Å². The van der Waals surface area contributed by atoms with Gasteiger partial charge in [0.2, 0.25) is 0 Å². The first kappa shape index (κ1) is 32.4. The lowest BCUT2D eigenvalue weighted by atomic mass is 9.90. The number of azo groups is 1. The Labute approximate surface area is 204 Å². The van der Waals surface area contributed by atoms with Gasteiger partial charge in [-0.1, -0.05) is 36.9 Å². The predicted molar refractivity (Wildman–Crippen MR) is 105 cm³/mol. The van der Waals surface area contributed by atoms with Crippen molar-refractivity contribution in [1.29, 1.82) is 0 Å². The molecular formula is C21H13F13N2O2. The van der Waals surface area contributed by atoms with E-state index < -0.39 is 47.3 Å². The fraction of sp³-hybridized carbons (Fsp3) is 0.286. The van der Waals surface area contributed by atoms with E-state index in [1.165, 1.54) is 12.1 Å². The summed E-state index contributed by atoms with van der Waals surface area (Å²) in [4.78, 5) is 9.25. The van der Waals surface area contributed by atoms with Gasteiger partial charge in [-0.25, -0.2) is 4.79 Å². The molecule has 0 amide bonds. The third kappa shape index (κ3) is 6.07. The van der Waals surface area contributed by atoms with E-state index in [9.17, 15) is 61.9 Å². The van der Waals surface area contributed by atoms with Crippen LogP contribution in [0.2, 0.25) is 0 Å². The van der Waals surface area contributed by atoms with Gasteiger partial charge in [0.05, 0.1) is 11.4 Å². The van der Waals surface area contributed by atoms with Crippen molar-refractivity contribution >= 4 is 17.3 Å². The molecule has 38 heavy (non-hydrogen) atoms. The maximum atomic E-state index is 14.1. The lowest BCUT2D eigenvalue weighted by Gasteiger charge is -2.39. The van der Waals surface area contributed by atoms with Crippen LogP contribution in [-0.2, 0) is 10.7 Å². The minimum absolute atomic E-state index is 0.0172. The van der Waals surface area contributed by atoms with Crippen LogP contribution in [0.25, 0.3) is 0 Å². The summed E-state index contributed by atoms with van der Waals surface area (Å²) in [6.07, 6.45) is -6.61. The van der Waals surface area contributed by atoms with Crippen LogP contribution < -0.4 is 0 Å². The molecular weight excluding hydrogens is 559 g/mol. The molecule has 2 aromatic carbocycles. The highest BCUT2D eigenvalue weighted by Crippen LogP contribution is 2.62. The van der Waals surface area contributed by atoms with E-state index >= 15 is 0 Å². The highest BCUT2D eigenvalue weighted by Gasteiger charge is 2.90. The number of carboxylic acid groups (broad SMARTS) is 1. The molecule has 1 N–H and O–H groups in total. The van der Waals surface area contributed by atoms with Crippen molar-refractivity contribution in [2.24, 2.45) is 10.2 Å². The summed E-state index contributed by atoms with van der Waals surface area (Å²) in [6, 6.07) is 8.67. The maximum Gasteiger partial charge on any atom is 0.460 e. The second-order valence-electron chi connectivity index (χ2n) is 6.99. The SMILES string of the molecule is C=CC(=O)O.FC(F)(F)C(F)(F)C(F)(F)C(F)(F)C(F)(F)C(F)(F)c1ccc(N=Nc2ccccc2)cc1. The zero-order chi connectivity index (χ0) is 29.8. The van der Waals surface area contributed by atoms with Gasteiger partial charge in [-0.3, -0.25) is 0 Å². The van der Waals surface area contributed by atoms with Crippen molar-refractivity contribution in [1.82, 2.24) is 0 Å². The highest BCUT2D eigenvalue weighted by molar-refractivity contribution is 5.78. The number of hydrogen-bond donors (Lipinski definition) is 1. The van der Waals surface area contributed by atoms with E-state index in [0.29, 0.717) is 12.1 Å². The van der Waals surface area contributed by atoms with Crippen molar-refractivity contribution in [3.05, 3.63) is 72.8 Å². The molecule has 0 saturated heterocycles. The normalized spacial score (nSPS) is 13.6. The number of rotatable bonds is 8. The predicted octanol–water partition coefficient (Wildman–Crippen LogP) is 8.55. The number of hydrogen-bond acceptors (Lipinski definition) is 3. The van der Waals surface area contributed by atoms with E-state index in [1.807, 2.05) is 0 Å². The van der Waals surface area contributed by atoms with Crippen LogP contribution in [-0.4, -0.2) is 40.9 Å². The highest BCUT2D eigenvalue weighted by atomic mass is 19.4. The molecule has 0 aliphatic carbocycles. The molecule has 0 unspecified atom stereocenters. The van der Waals surface area contributed by atoms with E-state index in [1.54, 1.807) is 18.2 Å². The molecule has 0 aliphatic heterocycles. The van der Waals surface area contributed by atoms with Gasteiger partial charge in [0.15, 0.2) is 0 Å². The van der Waals surface area contributed by atoms with Gasteiger partial charge in [-0.15, -0.1) is 0 Å². The number of alkyl halides is 13. The third-order valence-electron chi connectivity index (χ3n) is 4.37. The fourth-order valence-electron chi connectivity index (χ4n) is 2.30. The standard InChI is InChI=1S/C18H9F13N2.C3H4O2/c19-13(20,10-6-8-12(9-7-10)33-32-11-4-2-1-3-5-11)14(21,22)15(23,24)16(25,26)17(27,28)18(29,30)31;1-2-3(4)5/h1-9H;2H,1H2,(H,4,5). The van der Waals surface area contributed by atoms with Crippen molar-refractivity contribution in [3.8, 4) is 0 Å². The van der Waals surface area contributed by atoms with Crippen molar-refractivity contribution in [2.75, 3.05) is 0 Å². The Morgan fingerprint density at radius 2 is 1.00 bits per heavy atom. The Kier molecular flexibility index (Phi) is 9.36. The number of aliphatic carboxylic acids is 1. The lowest BCUT2D eigenvalue weighted by Crippen LogP contribution is -2.69. The second-order valence-corrected chi connectivity index (χ2v) is 6.99. The molecule has 0 aliphatic rings. The molecule has 0 heterocycles. The largest absolute Gasteiger partial charge is 0.478 e. The van der Waals surface area contributed by atoms with E-state index in [-0.39, 0.29) is 23.5 Å². The van der Waals surface area contributed by atoms with Gasteiger partial charge in [-0.05, 0) is 24.3 Å². The molecule has 0 aromatic heterocycles. The van der Waals surface area contributed by atoms with Crippen molar-refractivity contribution in [3.63, 3.8) is 0 Å². The van der Waals surface area contributed by atoms with Crippen LogP contribution >= 0.6 is 0 Å². The smallest absolute Gasteiger partial charge is 0.460 e. The van der Waals surface area contributed by atoms with E-state index in [4.69, 9.17) is 5.11 Å². The van der Waals surface area contributed by atoms with Crippen LogP contribution in [0.4, 0.5) is 68.5 Å². The monoisotopic (exact) mass is 572 g/mol. The first-order valence-corrected chi connectivity index (χ1v) is 9.46. The molecule has 17 heteroatoms. The molecule has 0 atom stereocenters. The van der Waals surface area contributed by atoms with Crippen LogP contribution in [0.3, 0.4) is 0 Å². The summed E-state index contributed by atoms with van der Waals surface area (Å²) in [5, 5.41) is 14.7. The molecule has 0 bridgehead atoms. The number of carbonyl (C=O) groups is 1. The lowest BCUT2D eigenvalue weighted by molar-refractivity contribution is -0.441. The zero-order valence-electron chi connectivity index (χ0n) is 18.1. The Bertz CT molecular complexity index is 1130. The van der Waals surface area contributed by atoms with E-state index in [2.05, 4.69) is 16.8 Å². The Morgan fingerprint density at radius 1 is 0.632 bits per heavy atom. The number of benzene rings is 2. The maximum absolute atomic E-state index is 14.1. The summed E-state index contributed by atoms with van der Waals surface area (Å²) in [6.45, 7) is 2.96. The minimum Gasteiger partial charge on any atom is -0.478 e. The zero-order valence-corrected chi connectivity index (χ0v) is 18.1. The molecule has 210 valence electrons. The number of nitrogens with zero attached hydrogens (tertiary/aromatic N) is 2. The average Bonchev–Trinajstić information content (AvgIpc) is 2.82. The van der Waals surface area contributed by atoms with Crippen LogP contribution in [0, 0.1) is 0 Å². The Morgan fingerprint density at radius 3 is 1.37 bits per heavy atom. The summed E-state index contributed by atoms with van der Waals surface area (Å²) < 4.78 is 172. The van der Waals surface area contributed by atoms with Crippen molar-refractivity contribution in [2.45, 2.75) is 35.8 Å². The fourth-order valence-corrected chi connectivity index (χ4v) is 2.30. The van der Waals surface area contributed by atoms with Gasteiger partial charge >= 0.3 is 41.8 Å². The topological polar surface area (TPSA) is 62.0 Å². The summed E-state index contributed by atoms with van der Waals surface area (Å²) in [7, 11) is 0. The number of carboxylic acids is 1. The van der Waals surface area contributed by atoms with Gasteiger partial charge in [0, 0.05) is 11.6 Å². The first-order chi connectivity index (χ1) is 17.1. The van der Waals surface area contributed by atoms with Gasteiger partial charge in [0.25, 0.3) is 0 Å². The molecule has 2 rings (SSSR count). The Hall–Kier alpha value is -3.66. The second kappa shape index (κ2) is 11.0. The quantitative estimate of drug-likeness (QED) is 0.196. The average molecular weight is 572 g/mol. The number of halogens is 13.